The van der Waals surface area contributed by atoms with E-state index in [9.17, 15) is 10.2 Å². The van der Waals surface area contributed by atoms with E-state index >= 15 is 0 Å². The van der Waals surface area contributed by atoms with Crippen LogP contribution in [0.25, 0.3) is 32.7 Å². The molecule has 2 fully saturated rings. The van der Waals surface area contributed by atoms with Crippen molar-refractivity contribution in [2.75, 3.05) is 26.4 Å². The summed E-state index contributed by atoms with van der Waals surface area (Å²) in [7, 11) is -8.65. The second-order valence-corrected chi connectivity index (χ2v) is 47.2. The zero-order valence-electron chi connectivity index (χ0n) is 58.7. The topological polar surface area (TPSA) is 58.9 Å². The fourth-order valence-electron chi connectivity index (χ4n) is 15.2. The largest absolute Gasteiger partial charge is 0.507 e. The molecular formula is C83H101LaO4Si4-. The van der Waals surface area contributed by atoms with Gasteiger partial charge >= 0.3 is 0 Å². The molecule has 0 aromatic heterocycles. The maximum Gasteiger partial charge on any atom is 0.184 e. The normalized spacial score (nSPS) is 13.4. The average molecular weight is 1410 g/mol. The quantitative estimate of drug-likeness (QED) is 0.0770. The first-order valence-corrected chi connectivity index (χ1v) is 44.3. The van der Waals surface area contributed by atoms with E-state index in [1.807, 2.05) is 0 Å². The molecule has 92 heavy (non-hydrogen) atoms. The molecule has 2 saturated heterocycles. The van der Waals surface area contributed by atoms with Crippen molar-refractivity contribution in [2.45, 2.75) is 148 Å². The number of rotatable bonds is 11. The standard InChI is InChI=1S/C68H66O2Si2.C7H19Si2.2C4H8O.La/c1-41-21-42(2)28-55(27-41)71(56-29-43(3)22-44(4)30-56,57-31-45(5)23-46(6)32-57)63-39-53-17-13-15-19-61(53)65(67(63)69)66-62-20-16-14-18-54(62)40-64(68(66)70)72(58-33-47(7)24-48(8)34-58,59-35-49(9)25-50(10)36-59)60-37-51(11)26-52(12)38-60;1-8(2,3)7-9(4,5)6;2*1-2-4-5-3-1;/h13-40,69-70H,1-12H3;7H,1-6H3;2*1-4H2;/q;-1;;;. The summed E-state index contributed by atoms with van der Waals surface area (Å²) in [4.78, 5) is 0. The Morgan fingerprint density at radius 1 is 0.304 bits per heavy atom. The molecule has 0 spiro atoms. The minimum absolute atomic E-state index is 0. The van der Waals surface area contributed by atoms with E-state index in [1.54, 1.807) is 0 Å². The van der Waals surface area contributed by atoms with Crippen molar-refractivity contribution in [3.63, 3.8) is 0 Å². The van der Waals surface area contributed by atoms with Gasteiger partial charge in [-0.3, -0.25) is 0 Å². The van der Waals surface area contributed by atoms with Gasteiger partial charge in [-0.15, -0.1) is 16.1 Å². The van der Waals surface area contributed by atoms with Crippen molar-refractivity contribution in [3.8, 4) is 22.6 Å². The van der Waals surface area contributed by atoms with Gasteiger partial charge in [0.1, 0.15) is 11.5 Å². The van der Waals surface area contributed by atoms with E-state index in [4.69, 9.17) is 9.47 Å². The summed E-state index contributed by atoms with van der Waals surface area (Å²) in [5.41, 5.74) is 18.1. The van der Waals surface area contributed by atoms with Gasteiger partial charge in [0, 0.05) is 73.2 Å². The van der Waals surface area contributed by atoms with Crippen LogP contribution in [0.5, 0.6) is 11.5 Å². The summed E-state index contributed by atoms with van der Waals surface area (Å²) in [6.07, 6.45) is 5.11. The Morgan fingerprint density at radius 3 is 0.685 bits per heavy atom. The maximum atomic E-state index is 14.3. The minimum atomic E-state index is -3.47. The monoisotopic (exact) mass is 1410 g/mol. The Kier molecular flexibility index (Phi) is 23.8. The molecule has 0 amide bonds. The Balaban J connectivity index is 0.000000469. The van der Waals surface area contributed by atoms with Gasteiger partial charge in [-0.2, -0.15) is 0 Å². The van der Waals surface area contributed by atoms with Crippen molar-refractivity contribution in [1.29, 1.82) is 0 Å². The smallest absolute Gasteiger partial charge is 0.184 e. The second-order valence-electron chi connectivity index (χ2n) is 29.0. The number of fused-ring (bicyclic) bond motifs is 2. The van der Waals surface area contributed by atoms with Crippen LogP contribution in [0.15, 0.2) is 170 Å². The van der Waals surface area contributed by atoms with Gasteiger partial charge in [0.2, 0.25) is 0 Å². The summed E-state index contributed by atoms with van der Waals surface area (Å²) < 4.78 is 9.89. The Morgan fingerprint density at radius 2 is 0.511 bits per heavy atom. The van der Waals surface area contributed by atoms with E-state index in [0.29, 0.717) is 11.1 Å². The molecule has 4 nitrogen and oxygen atoms in total. The molecule has 10 aromatic rings. The van der Waals surface area contributed by atoms with Gasteiger partial charge in [0.05, 0.1) is 0 Å². The van der Waals surface area contributed by atoms with Gasteiger partial charge in [-0.05, 0) is 172 Å². The van der Waals surface area contributed by atoms with Crippen LogP contribution >= 0.6 is 0 Å². The van der Waals surface area contributed by atoms with Gasteiger partial charge in [0.15, 0.2) is 16.1 Å². The molecule has 2 aliphatic heterocycles. The van der Waals surface area contributed by atoms with Crippen LogP contribution in [0, 0.1) is 124 Å². The van der Waals surface area contributed by atoms with Crippen molar-refractivity contribution >= 4 is 95.3 Å². The molecule has 477 valence electrons. The van der Waals surface area contributed by atoms with Crippen LogP contribution in [-0.2, 0) is 9.47 Å². The molecule has 9 heteroatoms. The zero-order valence-corrected chi connectivity index (χ0v) is 66.3. The maximum absolute atomic E-state index is 14.3. The van der Waals surface area contributed by atoms with Crippen molar-refractivity contribution < 1.29 is 55.3 Å². The van der Waals surface area contributed by atoms with Gasteiger partial charge in [-0.1, -0.05) is 276 Å². The number of hydrogen-bond donors (Lipinski definition) is 2. The summed E-state index contributed by atoms with van der Waals surface area (Å²) in [5, 5.41) is 41.3. The van der Waals surface area contributed by atoms with Crippen LogP contribution in [0.1, 0.15) is 92.4 Å². The predicted octanol–water partition coefficient (Wildman–Crippen LogP) is 16.1. The van der Waals surface area contributed by atoms with E-state index < -0.39 is 32.3 Å². The molecule has 0 unspecified atom stereocenters. The molecule has 2 heterocycles. The minimum Gasteiger partial charge on any atom is -0.507 e. The van der Waals surface area contributed by atoms with E-state index in [0.717, 1.165) is 58.3 Å². The Bertz CT molecular complexity index is 3600. The first-order chi connectivity index (χ1) is 43.1. The second kappa shape index (κ2) is 30.4. The fraction of sp³-hybridized carbons (Fsp3) is 0.313. The first kappa shape index (κ1) is 72.1. The van der Waals surface area contributed by atoms with E-state index in [-0.39, 0.29) is 47.1 Å². The summed E-state index contributed by atoms with van der Waals surface area (Å²) >= 11 is 0. The Hall–Kier alpha value is -5.70. The van der Waals surface area contributed by atoms with Crippen LogP contribution in [0.4, 0.5) is 0 Å². The van der Waals surface area contributed by atoms with Gasteiger partial charge < -0.3 is 25.4 Å². The third kappa shape index (κ3) is 16.5. The number of aryl methyl sites for hydroxylation is 12. The molecule has 2 aliphatic rings. The molecule has 0 bridgehead atoms. The van der Waals surface area contributed by atoms with Gasteiger partial charge in [-0.25, -0.2) is 0 Å². The summed E-state index contributed by atoms with van der Waals surface area (Å²) in [6, 6.07) is 63.5. The number of hydrogen-bond acceptors (Lipinski definition) is 4. The van der Waals surface area contributed by atoms with Crippen LogP contribution in [0.3, 0.4) is 0 Å². The fourth-order valence-corrected chi connectivity index (χ4v) is 36.4. The number of phenolic OH excluding ortho intramolecular Hbond substituents is 2. The third-order valence-electron chi connectivity index (χ3n) is 17.6. The number of benzene rings is 10. The van der Waals surface area contributed by atoms with Crippen molar-refractivity contribution in [3.05, 3.63) is 242 Å². The van der Waals surface area contributed by atoms with Crippen LogP contribution in [-0.4, -0.2) is 68.9 Å². The molecule has 0 aliphatic carbocycles. The molecule has 10 aromatic carbocycles. The van der Waals surface area contributed by atoms with Crippen LogP contribution < -0.4 is 41.5 Å². The SMILES string of the molecule is C1CCOC1.C1CCOC1.C[Si](C)(C)[CH-][Si](C)(C)C.Cc1cc(C)cc([Si](c2cc(C)cc(C)c2)(c2cc(C)cc(C)c2)c2cc3ccccc3c(-c3c(O)c([Si](c4cc(C)cc(C)c4)(c4cc(C)cc(C)c4)c4cc(C)cc(C)c4)cc4ccccc34)c2O)c1.[La]. The van der Waals surface area contributed by atoms with E-state index in [1.165, 1.54) is 124 Å². The predicted molar refractivity (Wildman–Crippen MR) is 405 cm³/mol. The first-order valence-electron chi connectivity index (χ1n) is 33.1. The zero-order chi connectivity index (χ0) is 65.7. The average Bonchev–Trinajstić information content (AvgIpc) is 0.852. The number of ether oxygens (including phenoxy) is 2. The molecule has 0 saturated carbocycles. The molecule has 2 N–H and O–H groups in total. The van der Waals surface area contributed by atoms with Crippen molar-refractivity contribution in [2.24, 2.45) is 0 Å². The Labute approximate surface area is 584 Å². The number of phenols is 2. The molecule has 0 atom stereocenters. The van der Waals surface area contributed by atoms with Crippen LogP contribution in [0.2, 0.25) is 39.3 Å². The van der Waals surface area contributed by atoms with E-state index in [2.05, 4.69) is 298 Å². The third-order valence-corrected chi connectivity index (χ3v) is 33.8. The van der Waals surface area contributed by atoms with Gasteiger partial charge in [0.25, 0.3) is 0 Å². The summed E-state index contributed by atoms with van der Waals surface area (Å²) in [5.74, 6) is 0.402. The summed E-state index contributed by atoms with van der Waals surface area (Å²) in [6.45, 7) is 44.7. The molecule has 12 rings (SSSR count). The molecular weight excluding hydrogens is 1310 g/mol. The number of aromatic hydroxyl groups is 2. The van der Waals surface area contributed by atoms with Crippen molar-refractivity contribution in [1.82, 2.24) is 0 Å². The molecule has 1 radical (unpaired) electrons.